The van der Waals surface area contributed by atoms with Crippen molar-refractivity contribution in [2.45, 2.75) is 17.7 Å². The third kappa shape index (κ3) is 4.90. The van der Waals surface area contributed by atoms with Gasteiger partial charge >= 0.3 is 0 Å². The van der Waals surface area contributed by atoms with Gasteiger partial charge in [-0.1, -0.05) is 24.3 Å². The lowest BCUT2D eigenvalue weighted by Gasteiger charge is -2.11. The van der Waals surface area contributed by atoms with E-state index in [0.717, 1.165) is 22.6 Å². The minimum atomic E-state index is -3.61. The highest BCUT2D eigenvalue weighted by molar-refractivity contribution is 7.94. The summed E-state index contributed by atoms with van der Waals surface area (Å²) in [5.41, 5.74) is 1.72. The number of nitrogens with one attached hydrogen (secondary N) is 2. The first-order valence-electron chi connectivity index (χ1n) is 8.65. The molecule has 0 aliphatic rings. The molecule has 1 aromatic heterocycles. The lowest BCUT2D eigenvalue weighted by Crippen LogP contribution is -2.23. The molecule has 0 radical (unpaired) electrons. The van der Waals surface area contributed by atoms with Crippen molar-refractivity contribution < 1.29 is 17.9 Å². The molecular weight excluding hydrogens is 396 g/mol. The highest BCUT2D eigenvalue weighted by Gasteiger charge is 2.15. The van der Waals surface area contributed by atoms with Gasteiger partial charge in [0.25, 0.3) is 15.9 Å². The van der Waals surface area contributed by atoms with E-state index in [1.54, 1.807) is 35.7 Å². The topological polar surface area (TPSA) is 84.5 Å². The minimum Gasteiger partial charge on any atom is -0.494 e. The third-order valence-electron chi connectivity index (χ3n) is 3.87. The number of amides is 1. The maximum Gasteiger partial charge on any atom is 0.271 e. The molecule has 6 nitrogen and oxygen atoms in total. The molecule has 146 valence electrons. The third-order valence-corrected chi connectivity index (χ3v) is 6.65. The Hall–Kier alpha value is -2.84. The summed E-state index contributed by atoms with van der Waals surface area (Å²) < 4.78 is 32.8. The fourth-order valence-electron chi connectivity index (χ4n) is 2.54. The van der Waals surface area contributed by atoms with Gasteiger partial charge in [-0.15, -0.1) is 11.3 Å². The Kier molecular flexibility index (Phi) is 6.33. The van der Waals surface area contributed by atoms with E-state index in [0.29, 0.717) is 24.4 Å². The number of carbonyl (C=O) groups excluding carboxylic acids is 1. The number of sulfonamides is 1. The monoisotopic (exact) mass is 416 g/mol. The van der Waals surface area contributed by atoms with Crippen molar-refractivity contribution in [3.05, 3.63) is 77.2 Å². The summed E-state index contributed by atoms with van der Waals surface area (Å²) in [5, 5.41) is 4.55. The van der Waals surface area contributed by atoms with Crippen LogP contribution in [0.25, 0.3) is 0 Å². The van der Waals surface area contributed by atoms with E-state index >= 15 is 0 Å². The maximum absolute atomic E-state index is 12.4. The number of hydrogen-bond acceptors (Lipinski definition) is 5. The van der Waals surface area contributed by atoms with E-state index in [2.05, 4.69) is 10.0 Å². The van der Waals surface area contributed by atoms with Crippen molar-refractivity contribution in [1.29, 1.82) is 0 Å². The molecule has 2 aromatic carbocycles. The van der Waals surface area contributed by atoms with Crippen molar-refractivity contribution in [2.75, 3.05) is 11.3 Å². The van der Waals surface area contributed by atoms with Crippen molar-refractivity contribution >= 4 is 33.0 Å². The Labute approximate surface area is 168 Å². The van der Waals surface area contributed by atoms with Crippen LogP contribution in [-0.4, -0.2) is 20.9 Å². The molecule has 0 fully saturated rings. The molecular formula is C20H20N2O4S2. The van der Waals surface area contributed by atoms with Crippen LogP contribution in [0, 0.1) is 0 Å². The first-order chi connectivity index (χ1) is 13.5. The summed E-state index contributed by atoms with van der Waals surface area (Å²) in [4.78, 5) is 12.4. The maximum atomic E-state index is 12.4. The van der Waals surface area contributed by atoms with Gasteiger partial charge in [-0.3, -0.25) is 9.52 Å². The fourth-order valence-corrected chi connectivity index (χ4v) is 4.59. The van der Waals surface area contributed by atoms with Crippen LogP contribution in [0.1, 0.15) is 22.8 Å². The Morgan fingerprint density at radius 3 is 2.46 bits per heavy atom. The molecule has 0 aliphatic carbocycles. The number of benzene rings is 2. The summed E-state index contributed by atoms with van der Waals surface area (Å²) in [6, 6.07) is 17.0. The summed E-state index contributed by atoms with van der Waals surface area (Å²) in [7, 11) is -3.61. The molecule has 0 aliphatic heterocycles. The zero-order valence-electron chi connectivity index (χ0n) is 15.2. The average Bonchev–Trinajstić information content (AvgIpc) is 3.23. The lowest BCUT2D eigenvalue weighted by molar-refractivity contribution is 0.0950. The SMILES string of the molecule is CCOc1ccccc1CNC(=O)c1ccc(NS(=O)(=O)c2cccs2)cc1. The van der Waals surface area contributed by atoms with Gasteiger partial charge in [0.05, 0.1) is 6.61 Å². The summed E-state index contributed by atoms with van der Waals surface area (Å²) in [5.74, 6) is 0.489. The van der Waals surface area contributed by atoms with Gasteiger partial charge in [0.2, 0.25) is 0 Å². The highest BCUT2D eigenvalue weighted by atomic mass is 32.2. The van der Waals surface area contributed by atoms with Gasteiger partial charge in [0, 0.05) is 23.4 Å². The number of ether oxygens (including phenoxy) is 1. The van der Waals surface area contributed by atoms with Crippen molar-refractivity contribution in [3.63, 3.8) is 0 Å². The van der Waals surface area contributed by atoms with Crippen LogP contribution in [0.2, 0.25) is 0 Å². The highest BCUT2D eigenvalue weighted by Crippen LogP contribution is 2.21. The molecule has 2 N–H and O–H groups in total. The number of hydrogen-bond donors (Lipinski definition) is 2. The number of para-hydroxylation sites is 1. The Balaban J connectivity index is 1.63. The molecule has 0 atom stereocenters. The number of rotatable bonds is 8. The van der Waals surface area contributed by atoms with Crippen molar-refractivity contribution in [1.82, 2.24) is 5.32 Å². The fraction of sp³-hybridized carbons (Fsp3) is 0.150. The molecule has 3 rings (SSSR count). The molecule has 1 heterocycles. The second-order valence-electron chi connectivity index (χ2n) is 5.84. The van der Waals surface area contributed by atoms with E-state index in [-0.39, 0.29) is 10.1 Å². The largest absolute Gasteiger partial charge is 0.494 e. The molecule has 8 heteroatoms. The second-order valence-corrected chi connectivity index (χ2v) is 8.70. The van der Waals surface area contributed by atoms with Crippen LogP contribution in [0.15, 0.2) is 70.3 Å². The average molecular weight is 417 g/mol. The molecule has 0 bridgehead atoms. The summed E-state index contributed by atoms with van der Waals surface area (Å²) in [6.45, 7) is 2.79. The number of carbonyl (C=O) groups is 1. The second kappa shape index (κ2) is 8.90. The molecule has 0 unspecified atom stereocenters. The zero-order chi connectivity index (χ0) is 20.0. The van der Waals surface area contributed by atoms with Gasteiger partial charge in [-0.2, -0.15) is 0 Å². The van der Waals surface area contributed by atoms with Crippen molar-refractivity contribution in [2.24, 2.45) is 0 Å². The predicted octanol–water partition coefficient (Wildman–Crippen LogP) is 3.88. The van der Waals surface area contributed by atoms with Gasteiger partial charge in [0.1, 0.15) is 9.96 Å². The molecule has 1 amide bonds. The number of anilines is 1. The van der Waals surface area contributed by atoms with Crippen LogP contribution >= 0.6 is 11.3 Å². The van der Waals surface area contributed by atoms with Gasteiger partial charge in [-0.05, 0) is 48.7 Å². The Morgan fingerprint density at radius 2 is 1.79 bits per heavy atom. The smallest absolute Gasteiger partial charge is 0.271 e. The quantitative estimate of drug-likeness (QED) is 0.584. The summed E-state index contributed by atoms with van der Waals surface area (Å²) in [6.07, 6.45) is 0. The van der Waals surface area contributed by atoms with Gasteiger partial charge in [0.15, 0.2) is 0 Å². The van der Waals surface area contributed by atoms with E-state index in [9.17, 15) is 13.2 Å². The first-order valence-corrected chi connectivity index (χ1v) is 11.0. The van der Waals surface area contributed by atoms with Crippen molar-refractivity contribution in [3.8, 4) is 5.75 Å². The lowest BCUT2D eigenvalue weighted by atomic mass is 10.1. The number of thiophene rings is 1. The zero-order valence-corrected chi connectivity index (χ0v) is 16.8. The standard InChI is InChI=1S/C20H20N2O4S2/c1-2-26-18-7-4-3-6-16(18)14-21-20(23)15-9-11-17(12-10-15)22-28(24,25)19-8-5-13-27-19/h3-13,22H,2,14H2,1H3,(H,21,23). The van der Waals surface area contributed by atoms with Crippen LogP contribution in [-0.2, 0) is 16.6 Å². The Bertz CT molecular complexity index is 1030. The normalized spacial score (nSPS) is 11.0. The molecule has 0 spiro atoms. The summed E-state index contributed by atoms with van der Waals surface area (Å²) >= 11 is 1.14. The van der Waals surface area contributed by atoms with Gasteiger partial charge in [-0.25, -0.2) is 8.42 Å². The van der Waals surface area contributed by atoms with E-state index in [4.69, 9.17) is 4.74 Å². The van der Waals surface area contributed by atoms with Crippen LogP contribution < -0.4 is 14.8 Å². The van der Waals surface area contributed by atoms with Crippen LogP contribution in [0.3, 0.4) is 0 Å². The van der Waals surface area contributed by atoms with E-state index < -0.39 is 10.0 Å². The molecule has 28 heavy (non-hydrogen) atoms. The van der Waals surface area contributed by atoms with Crippen LogP contribution in [0.5, 0.6) is 5.75 Å². The predicted molar refractivity (Wildman–Crippen MR) is 110 cm³/mol. The molecule has 0 saturated heterocycles. The van der Waals surface area contributed by atoms with Gasteiger partial charge < -0.3 is 10.1 Å². The molecule has 3 aromatic rings. The van der Waals surface area contributed by atoms with Crippen LogP contribution in [0.4, 0.5) is 5.69 Å². The van der Waals surface area contributed by atoms with E-state index in [1.807, 2.05) is 31.2 Å². The first kappa shape index (κ1) is 19.9. The Morgan fingerprint density at radius 1 is 1.04 bits per heavy atom. The minimum absolute atomic E-state index is 0.238. The van der Waals surface area contributed by atoms with E-state index in [1.165, 1.54) is 6.07 Å². The molecule has 0 saturated carbocycles.